The van der Waals surface area contributed by atoms with Crippen molar-refractivity contribution in [1.29, 1.82) is 0 Å². The Hall–Kier alpha value is -2.78. The van der Waals surface area contributed by atoms with Crippen molar-refractivity contribution in [3.05, 3.63) is 99.0 Å². The maximum atomic E-state index is 13.9. The van der Waals surface area contributed by atoms with Crippen molar-refractivity contribution < 1.29 is 18.0 Å². The molecule has 0 heterocycles. The minimum Gasteiger partial charge on any atom is -0.355 e. The highest BCUT2D eigenvalue weighted by atomic mass is 35.5. The first-order valence-electron chi connectivity index (χ1n) is 11.8. The van der Waals surface area contributed by atoms with Crippen LogP contribution in [0, 0.1) is 0 Å². The van der Waals surface area contributed by atoms with Gasteiger partial charge in [0, 0.05) is 29.6 Å². The summed E-state index contributed by atoms with van der Waals surface area (Å²) in [5.74, 6) is -0.948. The monoisotopic (exact) mass is 595 g/mol. The number of nitrogens with one attached hydrogen (secondary N) is 1. The minimum atomic E-state index is -3.94. The normalized spacial score (nSPS) is 12.0. The molecule has 0 aliphatic heterocycles. The van der Waals surface area contributed by atoms with Crippen molar-refractivity contribution in [2.24, 2.45) is 0 Å². The average Bonchev–Trinajstić information content (AvgIpc) is 2.85. The van der Waals surface area contributed by atoms with E-state index in [0.29, 0.717) is 22.2 Å². The van der Waals surface area contributed by atoms with E-state index in [-0.39, 0.29) is 29.6 Å². The first kappa shape index (κ1) is 29.8. The zero-order chi connectivity index (χ0) is 27.9. The summed E-state index contributed by atoms with van der Waals surface area (Å²) < 4.78 is 26.5. The van der Waals surface area contributed by atoms with E-state index in [1.54, 1.807) is 31.2 Å². The van der Waals surface area contributed by atoms with E-state index in [0.717, 1.165) is 16.1 Å². The second kappa shape index (κ2) is 13.3. The van der Waals surface area contributed by atoms with Gasteiger partial charge in [-0.15, -0.1) is 0 Å². The second-order valence-corrected chi connectivity index (χ2v) is 11.8. The molecule has 0 saturated heterocycles. The molecule has 0 saturated carbocycles. The van der Waals surface area contributed by atoms with Crippen LogP contribution in [0.1, 0.15) is 18.1 Å². The standard InChI is InChI=1S/C27H28Cl3N3O4S/c1-3-31-27(35)25(15-19-8-5-4-6-9-19)32(17-20-10-7-11-21(28)14-20)26(34)18-33(38(2,36)37)24-13-12-22(29)16-23(24)30/h4-14,16,25H,3,15,17-18H2,1-2H3,(H,31,35)/t25-/m1/s1. The Morgan fingerprint density at radius 3 is 2.16 bits per heavy atom. The second-order valence-electron chi connectivity index (χ2n) is 8.62. The van der Waals surface area contributed by atoms with Gasteiger partial charge in [0.25, 0.3) is 0 Å². The summed E-state index contributed by atoms with van der Waals surface area (Å²) in [6.45, 7) is 1.60. The molecule has 7 nitrogen and oxygen atoms in total. The van der Waals surface area contributed by atoms with Gasteiger partial charge < -0.3 is 10.2 Å². The molecule has 0 aliphatic carbocycles. The Bertz CT molecular complexity index is 1390. The molecular weight excluding hydrogens is 569 g/mol. The van der Waals surface area contributed by atoms with Gasteiger partial charge in [-0.05, 0) is 48.4 Å². The van der Waals surface area contributed by atoms with Crippen LogP contribution in [0.15, 0.2) is 72.8 Å². The summed E-state index contributed by atoms with van der Waals surface area (Å²) in [6, 6.07) is 19.6. The first-order chi connectivity index (χ1) is 18.0. The predicted molar refractivity (Wildman–Crippen MR) is 153 cm³/mol. The van der Waals surface area contributed by atoms with Gasteiger partial charge in [0.15, 0.2) is 0 Å². The quantitative estimate of drug-likeness (QED) is 0.330. The van der Waals surface area contributed by atoms with Gasteiger partial charge in [-0.2, -0.15) is 0 Å². The Morgan fingerprint density at radius 2 is 1.55 bits per heavy atom. The molecule has 0 spiro atoms. The topological polar surface area (TPSA) is 86.8 Å². The number of rotatable bonds is 11. The molecule has 1 N–H and O–H groups in total. The van der Waals surface area contributed by atoms with Crippen molar-refractivity contribution in [2.45, 2.75) is 25.9 Å². The molecule has 3 rings (SSSR count). The zero-order valence-electron chi connectivity index (χ0n) is 20.9. The fraction of sp³-hybridized carbons (Fsp3) is 0.259. The maximum Gasteiger partial charge on any atom is 0.244 e. The summed E-state index contributed by atoms with van der Waals surface area (Å²) in [5.41, 5.74) is 1.63. The number of nitrogens with zero attached hydrogens (tertiary/aromatic N) is 2. The molecule has 0 aliphatic rings. The van der Waals surface area contributed by atoms with Crippen LogP contribution >= 0.6 is 34.8 Å². The molecule has 0 aromatic heterocycles. The van der Waals surface area contributed by atoms with E-state index in [9.17, 15) is 18.0 Å². The van der Waals surface area contributed by atoms with Gasteiger partial charge in [-0.3, -0.25) is 13.9 Å². The molecule has 0 radical (unpaired) electrons. The number of amides is 2. The SMILES string of the molecule is CCNC(=O)[C@@H](Cc1ccccc1)N(Cc1cccc(Cl)c1)C(=O)CN(c1ccc(Cl)cc1Cl)S(C)(=O)=O. The zero-order valence-corrected chi connectivity index (χ0v) is 24.0. The van der Waals surface area contributed by atoms with E-state index in [1.807, 2.05) is 30.3 Å². The van der Waals surface area contributed by atoms with E-state index in [2.05, 4.69) is 5.32 Å². The molecule has 3 aromatic rings. The van der Waals surface area contributed by atoms with E-state index >= 15 is 0 Å². The summed E-state index contributed by atoms with van der Waals surface area (Å²) in [4.78, 5) is 28.6. The van der Waals surface area contributed by atoms with Crippen LogP contribution in [0.4, 0.5) is 5.69 Å². The highest BCUT2D eigenvalue weighted by Crippen LogP contribution is 2.30. The minimum absolute atomic E-state index is 0.0278. The van der Waals surface area contributed by atoms with Crippen molar-refractivity contribution >= 4 is 62.3 Å². The lowest BCUT2D eigenvalue weighted by atomic mass is 10.0. The van der Waals surface area contributed by atoms with Crippen LogP contribution in [0.2, 0.25) is 15.1 Å². The van der Waals surface area contributed by atoms with Crippen LogP contribution in [-0.2, 0) is 32.6 Å². The van der Waals surface area contributed by atoms with Crippen LogP contribution in [0.25, 0.3) is 0 Å². The summed E-state index contributed by atoms with van der Waals surface area (Å²) in [6.07, 6.45) is 1.21. The molecule has 0 bridgehead atoms. The Morgan fingerprint density at radius 1 is 0.895 bits per heavy atom. The smallest absolute Gasteiger partial charge is 0.244 e. The molecular formula is C27H28Cl3N3O4S. The van der Waals surface area contributed by atoms with Crippen LogP contribution in [0.5, 0.6) is 0 Å². The highest BCUT2D eigenvalue weighted by Gasteiger charge is 2.33. The third-order valence-corrected chi connectivity index (χ3v) is 7.62. The average molecular weight is 597 g/mol. The third kappa shape index (κ3) is 8.11. The molecule has 0 fully saturated rings. The van der Waals surface area contributed by atoms with Crippen molar-refractivity contribution in [1.82, 2.24) is 10.2 Å². The van der Waals surface area contributed by atoms with E-state index in [4.69, 9.17) is 34.8 Å². The highest BCUT2D eigenvalue weighted by molar-refractivity contribution is 7.92. The Balaban J connectivity index is 2.06. The summed E-state index contributed by atoms with van der Waals surface area (Å²) in [7, 11) is -3.94. The number of sulfonamides is 1. The number of benzene rings is 3. The van der Waals surface area contributed by atoms with Gasteiger partial charge in [-0.25, -0.2) is 8.42 Å². The molecule has 2 amide bonds. The molecule has 202 valence electrons. The number of hydrogen-bond donors (Lipinski definition) is 1. The summed E-state index contributed by atoms with van der Waals surface area (Å²) in [5, 5.41) is 3.66. The number of hydrogen-bond acceptors (Lipinski definition) is 4. The van der Waals surface area contributed by atoms with Crippen LogP contribution < -0.4 is 9.62 Å². The number of carbonyl (C=O) groups is 2. The first-order valence-corrected chi connectivity index (χ1v) is 14.8. The van der Waals surface area contributed by atoms with Crippen LogP contribution in [-0.4, -0.2) is 50.5 Å². The fourth-order valence-corrected chi connectivity index (χ4v) is 5.59. The largest absolute Gasteiger partial charge is 0.355 e. The van der Waals surface area contributed by atoms with Crippen molar-refractivity contribution in [2.75, 3.05) is 23.7 Å². The number of likely N-dealkylation sites (N-methyl/N-ethyl adjacent to an activating group) is 1. The van der Waals surface area contributed by atoms with E-state index in [1.165, 1.54) is 23.1 Å². The molecule has 3 aromatic carbocycles. The molecule has 11 heteroatoms. The lowest BCUT2D eigenvalue weighted by molar-refractivity contribution is -0.140. The lowest BCUT2D eigenvalue weighted by Crippen LogP contribution is -2.53. The summed E-state index contributed by atoms with van der Waals surface area (Å²) >= 11 is 18.5. The van der Waals surface area contributed by atoms with Gasteiger partial charge in [-0.1, -0.05) is 77.3 Å². The van der Waals surface area contributed by atoms with Crippen molar-refractivity contribution in [3.63, 3.8) is 0 Å². The molecule has 1 atom stereocenters. The predicted octanol–water partition coefficient (Wildman–Crippen LogP) is 5.19. The number of anilines is 1. The van der Waals surface area contributed by atoms with Gasteiger partial charge >= 0.3 is 0 Å². The van der Waals surface area contributed by atoms with Crippen LogP contribution in [0.3, 0.4) is 0 Å². The van der Waals surface area contributed by atoms with Gasteiger partial charge in [0.2, 0.25) is 21.8 Å². The lowest BCUT2D eigenvalue weighted by Gasteiger charge is -2.33. The maximum absolute atomic E-state index is 13.9. The fourth-order valence-electron chi connectivity index (χ4n) is 3.96. The molecule has 0 unspecified atom stereocenters. The van der Waals surface area contributed by atoms with Gasteiger partial charge in [0.05, 0.1) is 17.0 Å². The number of halogens is 3. The third-order valence-electron chi connectivity index (χ3n) is 5.72. The van der Waals surface area contributed by atoms with E-state index < -0.39 is 28.5 Å². The van der Waals surface area contributed by atoms with Gasteiger partial charge in [0.1, 0.15) is 12.6 Å². The Kier molecular flexibility index (Phi) is 10.4. The Labute approximate surface area is 238 Å². The molecule has 38 heavy (non-hydrogen) atoms. The number of carbonyl (C=O) groups excluding carboxylic acids is 2. The van der Waals surface area contributed by atoms with Crippen molar-refractivity contribution in [3.8, 4) is 0 Å².